The molecule has 0 spiro atoms. The molecule has 2 aliphatic rings. The standard InChI is InChI=1S/C20H28N2O5S2/c1-2-3-4-7-10-19(21-14(11-28-19)17(24)25)20(13-8-5-6-9-16(13)23)22-15(12-29-20)18(26)27/h5-6,8-9,14-15,21-23H,2-4,7,10-12H2,1H3,(H,24,25)(H,26,27). The van der Waals surface area contributed by atoms with Gasteiger partial charge < -0.3 is 15.3 Å². The maximum atomic E-state index is 11.7. The molecule has 29 heavy (non-hydrogen) atoms. The smallest absolute Gasteiger partial charge is 0.321 e. The van der Waals surface area contributed by atoms with Gasteiger partial charge in [0.15, 0.2) is 0 Å². The number of thioether (sulfide) groups is 2. The zero-order chi connectivity index (χ0) is 21.1. The molecule has 0 saturated carbocycles. The molecule has 2 fully saturated rings. The third-order valence-corrected chi connectivity index (χ3v) is 8.95. The van der Waals surface area contributed by atoms with E-state index in [0.717, 1.165) is 25.7 Å². The van der Waals surface area contributed by atoms with Crippen molar-refractivity contribution in [1.29, 1.82) is 0 Å². The normalized spacial score (nSPS) is 31.8. The van der Waals surface area contributed by atoms with Crippen LogP contribution in [0.3, 0.4) is 0 Å². The monoisotopic (exact) mass is 440 g/mol. The van der Waals surface area contributed by atoms with Crippen molar-refractivity contribution >= 4 is 35.5 Å². The van der Waals surface area contributed by atoms with E-state index >= 15 is 0 Å². The van der Waals surface area contributed by atoms with E-state index in [4.69, 9.17) is 0 Å². The molecular weight excluding hydrogens is 412 g/mol. The zero-order valence-electron chi connectivity index (χ0n) is 16.4. The molecule has 4 atom stereocenters. The molecule has 0 aliphatic carbocycles. The van der Waals surface area contributed by atoms with E-state index in [9.17, 15) is 24.9 Å². The van der Waals surface area contributed by atoms with Crippen LogP contribution in [0.4, 0.5) is 0 Å². The lowest BCUT2D eigenvalue weighted by atomic mass is 9.91. The molecule has 0 aromatic heterocycles. The molecular formula is C20H28N2O5S2. The molecule has 160 valence electrons. The van der Waals surface area contributed by atoms with Crippen LogP contribution in [-0.2, 0) is 14.5 Å². The average Bonchev–Trinajstić information content (AvgIpc) is 3.32. The summed E-state index contributed by atoms with van der Waals surface area (Å²) in [5.41, 5.74) is 0.593. The third kappa shape index (κ3) is 4.23. The van der Waals surface area contributed by atoms with E-state index in [1.54, 1.807) is 18.2 Å². The van der Waals surface area contributed by atoms with Gasteiger partial charge in [-0.2, -0.15) is 0 Å². The van der Waals surface area contributed by atoms with E-state index in [-0.39, 0.29) is 5.75 Å². The number of hydrogen-bond acceptors (Lipinski definition) is 7. The van der Waals surface area contributed by atoms with Crippen molar-refractivity contribution in [3.63, 3.8) is 0 Å². The van der Waals surface area contributed by atoms with E-state index in [0.29, 0.717) is 23.5 Å². The Kier molecular flexibility index (Phi) is 7.03. The van der Waals surface area contributed by atoms with Gasteiger partial charge in [-0.3, -0.25) is 20.2 Å². The Morgan fingerprint density at radius 3 is 2.28 bits per heavy atom. The molecule has 2 heterocycles. The Hall–Kier alpha value is -1.42. The summed E-state index contributed by atoms with van der Waals surface area (Å²) in [6, 6.07) is 5.42. The summed E-state index contributed by atoms with van der Waals surface area (Å²) in [7, 11) is 0. The highest BCUT2D eigenvalue weighted by Gasteiger charge is 2.62. The number of carboxylic acid groups (broad SMARTS) is 2. The number of aromatic hydroxyl groups is 1. The Bertz CT molecular complexity index is 764. The summed E-state index contributed by atoms with van der Waals surface area (Å²) < 4.78 is 0. The number of carboxylic acids is 2. The van der Waals surface area contributed by atoms with Crippen LogP contribution in [0.25, 0.3) is 0 Å². The lowest BCUT2D eigenvalue weighted by Crippen LogP contribution is -2.63. The first kappa shape index (κ1) is 22.3. The number of unbranched alkanes of at least 4 members (excludes halogenated alkanes) is 3. The lowest BCUT2D eigenvalue weighted by molar-refractivity contribution is -0.140. The second-order valence-electron chi connectivity index (χ2n) is 7.53. The summed E-state index contributed by atoms with van der Waals surface area (Å²) in [4.78, 5) is 21.7. The number of rotatable bonds is 9. The van der Waals surface area contributed by atoms with Crippen molar-refractivity contribution in [2.75, 3.05) is 11.5 Å². The van der Waals surface area contributed by atoms with Gasteiger partial charge in [-0.1, -0.05) is 50.8 Å². The summed E-state index contributed by atoms with van der Waals surface area (Å²) in [5, 5.41) is 36.5. The van der Waals surface area contributed by atoms with Gasteiger partial charge in [-0.15, -0.1) is 23.5 Å². The Morgan fingerprint density at radius 1 is 1.03 bits per heavy atom. The minimum Gasteiger partial charge on any atom is -0.508 e. The van der Waals surface area contributed by atoms with Gasteiger partial charge in [0, 0.05) is 17.1 Å². The molecule has 4 unspecified atom stereocenters. The highest BCUT2D eigenvalue weighted by Crippen LogP contribution is 2.58. The van der Waals surface area contributed by atoms with Crippen LogP contribution in [0.2, 0.25) is 0 Å². The molecule has 9 heteroatoms. The van der Waals surface area contributed by atoms with Gasteiger partial charge in [0.2, 0.25) is 0 Å². The first-order valence-electron chi connectivity index (χ1n) is 9.92. The van der Waals surface area contributed by atoms with Crippen molar-refractivity contribution in [2.45, 2.75) is 60.9 Å². The number of para-hydroxylation sites is 1. The lowest BCUT2D eigenvalue weighted by Gasteiger charge is -2.46. The van der Waals surface area contributed by atoms with Gasteiger partial charge in [-0.25, -0.2) is 0 Å². The summed E-state index contributed by atoms with van der Waals surface area (Å²) in [5.74, 6) is -1.07. The maximum Gasteiger partial charge on any atom is 0.321 e. The molecule has 1 aromatic rings. The second kappa shape index (κ2) is 9.16. The van der Waals surface area contributed by atoms with Crippen molar-refractivity contribution in [2.24, 2.45) is 0 Å². The Labute approximate surface area is 179 Å². The number of phenolic OH excluding ortho intramolecular Hbond substituents is 1. The molecule has 1 aromatic carbocycles. The minimum absolute atomic E-state index is 0.0765. The van der Waals surface area contributed by atoms with Crippen molar-refractivity contribution in [3.8, 4) is 5.75 Å². The van der Waals surface area contributed by atoms with E-state index in [1.807, 2.05) is 6.07 Å². The predicted octanol–water partition coefficient (Wildman–Crippen LogP) is 2.79. The largest absolute Gasteiger partial charge is 0.508 e. The molecule has 0 radical (unpaired) electrons. The van der Waals surface area contributed by atoms with Crippen LogP contribution >= 0.6 is 23.5 Å². The second-order valence-corrected chi connectivity index (χ2v) is 10.1. The maximum absolute atomic E-state index is 11.7. The fraction of sp³-hybridized carbons (Fsp3) is 0.600. The number of benzene rings is 1. The molecule has 7 nitrogen and oxygen atoms in total. The van der Waals surface area contributed by atoms with Crippen LogP contribution < -0.4 is 10.6 Å². The highest BCUT2D eigenvalue weighted by molar-refractivity contribution is 8.04. The summed E-state index contributed by atoms with van der Waals surface area (Å²) in [6.45, 7) is 2.13. The Morgan fingerprint density at radius 2 is 1.69 bits per heavy atom. The zero-order valence-corrected chi connectivity index (χ0v) is 18.0. The van der Waals surface area contributed by atoms with Gasteiger partial charge in [-0.05, 0) is 12.5 Å². The number of carbonyl (C=O) groups is 2. The van der Waals surface area contributed by atoms with E-state index in [2.05, 4.69) is 17.6 Å². The highest BCUT2D eigenvalue weighted by atomic mass is 32.2. The van der Waals surface area contributed by atoms with Crippen LogP contribution in [0.1, 0.15) is 44.6 Å². The molecule has 2 aliphatic heterocycles. The Balaban J connectivity index is 2.05. The van der Waals surface area contributed by atoms with Crippen LogP contribution in [-0.4, -0.2) is 55.7 Å². The van der Waals surface area contributed by atoms with Gasteiger partial charge >= 0.3 is 11.9 Å². The first-order valence-corrected chi connectivity index (χ1v) is 11.9. The molecule has 0 amide bonds. The molecule has 3 rings (SSSR count). The third-order valence-electron chi connectivity index (χ3n) is 5.58. The van der Waals surface area contributed by atoms with Crippen molar-refractivity contribution in [3.05, 3.63) is 29.8 Å². The fourth-order valence-corrected chi connectivity index (χ4v) is 7.60. The topological polar surface area (TPSA) is 119 Å². The number of hydrogen-bond donors (Lipinski definition) is 5. The number of phenols is 1. The van der Waals surface area contributed by atoms with Crippen LogP contribution in [0.5, 0.6) is 5.75 Å². The molecule has 5 N–H and O–H groups in total. The van der Waals surface area contributed by atoms with Crippen molar-refractivity contribution in [1.82, 2.24) is 10.6 Å². The van der Waals surface area contributed by atoms with Crippen molar-refractivity contribution < 1.29 is 24.9 Å². The number of nitrogens with one attached hydrogen (secondary N) is 2. The first-order chi connectivity index (χ1) is 13.8. The van der Waals surface area contributed by atoms with E-state index in [1.165, 1.54) is 23.5 Å². The van der Waals surface area contributed by atoms with Crippen LogP contribution in [0.15, 0.2) is 24.3 Å². The number of aliphatic carboxylic acids is 2. The van der Waals surface area contributed by atoms with E-state index < -0.39 is 33.8 Å². The minimum atomic E-state index is -0.956. The van der Waals surface area contributed by atoms with Gasteiger partial charge in [0.25, 0.3) is 0 Å². The summed E-state index contributed by atoms with van der Waals surface area (Å²) in [6.07, 6.45) is 4.74. The molecule has 0 bridgehead atoms. The fourth-order valence-electron chi connectivity index (χ4n) is 4.10. The SMILES string of the molecule is CCCCCCC1(C2(c3ccccc3O)NC(C(=O)O)CS2)NC(C(=O)O)CS1. The van der Waals surface area contributed by atoms with Crippen LogP contribution in [0, 0.1) is 0 Å². The molecule has 2 saturated heterocycles. The average molecular weight is 441 g/mol. The van der Waals surface area contributed by atoms with Gasteiger partial charge in [0.05, 0.1) is 4.87 Å². The quantitative estimate of drug-likeness (QED) is 0.369. The summed E-state index contributed by atoms with van der Waals surface area (Å²) >= 11 is 2.96. The van der Waals surface area contributed by atoms with Gasteiger partial charge in [0.1, 0.15) is 22.7 Å². The predicted molar refractivity (Wildman–Crippen MR) is 115 cm³/mol.